The van der Waals surface area contributed by atoms with Crippen LogP contribution >= 0.6 is 0 Å². The number of alkyl halides is 3. The van der Waals surface area contributed by atoms with Gasteiger partial charge in [0.1, 0.15) is 6.54 Å². The normalized spacial score (nSPS) is 13.8. The van der Waals surface area contributed by atoms with E-state index in [0.717, 1.165) is 18.2 Å². The largest absolute Gasteiger partial charge is 0.416 e. The third-order valence-electron chi connectivity index (χ3n) is 4.74. The van der Waals surface area contributed by atoms with E-state index in [4.69, 9.17) is 0 Å². The van der Waals surface area contributed by atoms with E-state index in [1.807, 2.05) is 0 Å². The number of sulfonamides is 1. The van der Waals surface area contributed by atoms with E-state index < -0.39 is 33.6 Å². The molecule has 0 saturated heterocycles. The Kier molecular flexibility index (Phi) is 5.54. The smallest absolute Gasteiger partial charge is 0.321 e. The molecule has 12 heteroatoms. The number of hydrogen-bond acceptors (Lipinski definition) is 5. The van der Waals surface area contributed by atoms with Crippen molar-refractivity contribution < 1.29 is 31.2 Å². The Balaban J connectivity index is 1.63. The fraction of sp³-hybridized carbons (Fsp3) is 0.0952. The van der Waals surface area contributed by atoms with Gasteiger partial charge in [-0.3, -0.25) is 24.2 Å². The topological polar surface area (TPSA) is 108 Å². The molecule has 2 aromatic carbocycles. The van der Waals surface area contributed by atoms with E-state index >= 15 is 0 Å². The van der Waals surface area contributed by atoms with Crippen molar-refractivity contribution >= 4 is 38.9 Å². The zero-order valence-electron chi connectivity index (χ0n) is 16.6. The number of anilines is 3. The van der Waals surface area contributed by atoms with Crippen LogP contribution in [0.3, 0.4) is 0 Å². The number of carbonyl (C=O) groups is 2. The number of benzene rings is 2. The fourth-order valence-corrected chi connectivity index (χ4v) is 4.34. The van der Waals surface area contributed by atoms with Gasteiger partial charge in [0.05, 0.1) is 28.0 Å². The molecule has 0 atom stereocenters. The lowest BCUT2D eigenvalue weighted by atomic mass is 10.1. The number of carbonyl (C=O) groups excluding carboxylic acids is 2. The van der Waals surface area contributed by atoms with Crippen LogP contribution in [0.25, 0.3) is 0 Å². The molecule has 33 heavy (non-hydrogen) atoms. The molecule has 0 spiro atoms. The van der Waals surface area contributed by atoms with Gasteiger partial charge in [0.2, 0.25) is 5.91 Å². The van der Waals surface area contributed by atoms with E-state index in [0.29, 0.717) is 17.4 Å². The monoisotopic (exact) mass is 476 g/mol. The van der Waals surface area contributed by atoms with Crippen molar-refractivity contribution in [3.63, 3.8) is 0 Å². The Labute approximate surface area is 186 Å². The second kappa shape index (κ2) is 8.20. The summed E-state index contributed by atoms with van der Waals surface area (Å²) in [6.07, 6.45) is -1.82. The summed E-state index contributed by atoms with van der Waals surface area (Å²) in [7, 11) is -4.31. The number of hydrogen-bond donors (Lipinski definition) is 2. The lowest BCUT2D eigenvalue weighted by Gasteiger charge is -2.28. The van der Waals surface area contributed by atoms with Gasteiger partial charge in [-0.05, 0) is 42.5 Å². The number of amides is 2. The van der Waals surface area contributed by atoms with Crippen LogP contribution < -0.4 is 14.9 Å². The van der Waals surface area contributed by atoms with Gasteiger partial charge in [0.15, 0.2) is 0 Å². The molecular formula is C21H15F3N4O4S. The first-order chi connectivity index (χ1) is 15.5. The quantitative estimate of drug-likeness (QED) is 0.599. The van der Waals surface area contributed by atoms with E-state index in [2.05, 4.69) is 15.0 Å². The molecule has 0 aliphatic carbocycles. The maximum absolute atomic E-state index is 13.1. The minimum atomic E-state index is -4.64. The number of nitrogens with one attached hydrogen (secondary N) is 2. The van der Waals surface area contributed by atoms with Gasteiger partial charge in [0.25, 0.3) is 15.9 Å². The standard InChI is InChI=1S/C21H15F3N4O4S/c22-21(23,24)14-4-2-5-15(10-14)27-33(31,32)16-6-1-3-13(9-16)20(30)28-12-19(29)26-17-11-25-8-7-18(17)28/h1-11,27H,12H2,(H,26,29). The highest BCUT2D eigenvalue weighted by Crippen LogP contribution is 2.32. The molecule has 1 aliphatic rings. The molecule has 2 N–H and O–H groups in total. The molecule has 0 bridgehead atoms. The Hall–Kier alpha value is -3.93. The molecule has 2 heterocycles. The lowest BCUT2D eigenvalue weighted by molar-refractivity contribution is -0.137. The maximum Gasteiger partial charge on any atom is 0.416 e. The minimum absolute atomic E-state index is 0.0284. The van der Waals surface area contributed by atoms with E-state index in [9.17, 15) is 31.2 Å². The molecule has 0 radical (unpaired) electrons. The Morgan fingerprint density at radius 3 is 2.61 bits per heavy atom. The van der Waals surface area contributed by atoms with Crippen LogP contribution in [0.5, 0.6) is 0 Å². The minimum Gasteiger partial charge on any atom is -0.321 e. The lowest BCUT2D eigenvalue weighted by Crippen LogP contribution is -2.42. The summed E-state index contributed by atoms with van der Waals surface area (Å²) in [6, 6.07) is 10.3. The molecule has 170 valence electrons. The molecule has 1 aliphatic heterocycles. The number of nitrogens with zero attached hydrogens (tertiary/aromatic N) is 2. The second-order valence-corrected chi connectivity index (χ2v) is 8.73. The third kappa shape index (κ3) is 4.65. The zero-order valence-corrected chi connectivity index (χ0v) is 17.4. The number of rotatable bonds is 4. The summed E-state index contributed by atoms with van der Waals surface area (Å²) < 4.78 is 66.4. The average Bonchev–Trinajstić information content (AvgIpc) is 2.77. The van der Waals surface area contributed by atoms with E-state index in [1.165, 1.54) is 47.6 Å². The Morgan fingerprint density at radius 1 is 1.09 bits per heavy atom. The Morgan fingerprint density at radius 2 is 1.85 bits per heavy atom. The van der Waals surface area contributed by atoms with Crippen LogP contribution in [-0.4, -0.2) is 31.8 Å². The molecule has 0 unspecified atom stereocenters. The van der Waals surface area contributed by atoms with E-state index in [1.54, 1.807) is 0 Å². The molecule has 8 nitrogen and oxygen atoms in total. The average molecular weight is 476 g/mol. The summed E-state index contributed by atoms with van der Waals surface area (Å²) in [5, 5.41) is 2.59. The van der Waals surface area contributed by atoms with Crippen molar-refractivity contribution in [2.75, 3.05) is 21.5 Å². The van der Waals surface area contributed by atoms with Gasteiger partial charge >= 0.3 is 6.18 Å². The second-order valence-electron chi connectivity index (χ2n) is 7.04. The van der Waals surface area contributed by atoms with Gasteiger partial charge in [-0.25, -0.2) is 8.42 Å². The first-order valence-corrected chi connectivity index (χ1v) is 10.9. The summed E-state index contributed by atoms with van der Waals surface area (Å²) in [6.45, 7) is -0.282. The predicted molar refractivity (Wildman–Crippen MR) is 113 cm³/mol. The zero-order chi connectivity index (χ0) is 23.8. The molecule has 4 rings (SSSR count). The number of aromatic nitrogens is 1. The van der Waals surface area contributed by atoms with Crippen LogP contribution in [0.15, 0.2) is 71.9 Å². The first kappa shape index (κ1) is 22.3. The van der Waals surface area contributed by atoms with Crippen molar-refractivity contribution in [3.05, 3.63) is 78.1 Å². The molecule has 1 aromatic heterocycles. The summed E-state index contributed by atoms with van der Waals surface area (Å²) in [4.78, 5) is 29.8. The number of fused-ring (bicyclic) bond motifs is 1. The first-order valence-electron chi connectivity index (χ1n) is 9.40. The molecule has 0 saturated carbocycles. The van der Waals surface area contributed by atoms with Crippen LogP contribution in [0.4, 0.5) is 30.2 Å². The summed E-state index contributed by atoms with van der Waals surface area (Å²) >= 11 is 0. The van der Waals surface area contributed by atoms with Crippen LogP contribution in [0, 0.1) is 0 Å². The Bertz CT molecular complexity index is 1360. The molecular weight excluding hydrogens is 461 g/mol. The molecule has 3 aromatic rings. The van der Waals surface area contributed by atoms with Crippen molar-refractivity contribution in [2.24, 2.45) is 0 Å². The summed E-state index contributed by atoms with van der Waals surface area (Å²) in [5.74, 6) is -1.08. The molecule has 2 amide bonds. The van der Waals surface area contributed by atoms with Crippen molar-refractivity contribution in [3.8, 4) is 0 Å². The van der Waals surface area contributed by atoms with Crippen molar-refractivity contribution in [1.82, 2.24) is 4.98 Å². The van der Waals surface area contributed by atoms with Gasteiger partial charge in [-0.1, -0.05) is 12.1 Å². The van der Waals surface area contributed by atoms with Gasteiger partial charge < -0.3 is 5.32 Å². The van der Waals surface area contributed by atoms with Crippen molar-refractivity contribution in [2.45, 2.75) is 11.1 Å². The highest BCUT2D eigenvalue weighted by atomic mass is 32.2. The van der Waals surface area contributed by atoms with E-state index in [-0.39, 0.29) is 22.7 Å². The summed E-state index contributed by atoms with van der Waals surface area (Å²) in [5.41, 5.74) is -0.597. The highest BCUT2D eigenvalue weighted by molar-refractivity contribution is 7.92. The molecule has 0 fully saturated rings. The predicted octanol–water partition coefficient (Wildman–Crippen LogP) is 3.50. The van der Waals surface area contributed by atoms with Gasteiger partial charge in [-0.15, -0.1) is 0 Å². The number of halogens is 3. The number of pyridine rings is 1. The fourth-order valence-electron chi connectivity index (χ4n) is 3.24. The van der Waals surface area contributed by atoms with Gasteiger partial charge in [0, 0.05) is 17.4 Å². The maximum atomic E-state index is 13.1. The third-order valence-corrected chi connectivity index (χ3v) is 6.12. The van der Waals surface area contributed by atoms with Gasteiger partial charge in [-0.2, -0.15) is 13.2 Å². The highest BCUT2D eigenvalue weighted by Gasteiger charge is 2.31. The van der Waals surface area contributed by atoms with Crippen molar-refractivity contribution in [1.29, 1.82) is 0 Å². The SMILES string of the molecule is O=C1CN(C(=O)c2cccc(S(=O)(=O)Nc3cccc(C(F)(F)F)c3)c2)c2ccncc2N1. The van der Waals surface area contributed by atoms with Crippen LogP contribution in [-0.2, 0) is 21.0 Å². The van der Waals surface area contributed by atoms with Crippen LogP contribution in [0.2, 0.25) is 0 Å². The van der Waals surface area contributed by atoms with Crippen LogP contribution in [0.1, 0.15) is 15.9 Å².